The number of halogens is 1. The Morgan fingerprint density at radius 3 is 2.30 bits per heavy atom. The SMILES string of the molecule is CCc1cccc(CC)c1NCCC(=O)Nc1cccc(F)c1. The Hall–Kier alpha value is -2.36. The van der Waals surface area contributed by atoms with E-state index in [1.54, 1.807) is 12.1 Å². The van der Waals surface area contributed by atoms with E-state index in [0.717, 1.165) is 18.5 Å². The molecule has 2 aromatic rings. The molecule has 4 heteroatoms. The number of hydrogen-bond acceptors (Lipinski definition) is 2. The van der Waals surface area contributed by atoms with Gasteiger partial charge in [0.2, 0.25) is 5.91 Å². The quantitative estimate of drug-likeness (QED) is 0.795. The number of para-hydroxylation sites is 1. The number of rotatable bonds is 7. The van der Waals surface area contributed by atoms with Gasteiger partial charge in [-0.15, -0.1) is 0 Å². The molecule has 0 heterocycles. The van der Waals surface area contributed by atoms with Crippen molar-refractivity contribution in [3.63, 3.8) is 0 Å². The Morgan fingerprint density at radius 2 is 1.70 bits per heavy atom. The Kier molecular flexibility index (Phi) is 6.15. The molecule has 1 amide bonds. The third-order valence-corrected chi connectivity index (χ3v) is 3.76. The fourth-order valence-corrected chi connectivity index (χ4v) is 2.56. The van der Waals surface area contributed by atoms with Gasteiger partial charge in [0.05, 0.1) is 0 Å². The minimum Gasteiger partial charge on any atom is -0.384 e. The highest BCUT2D eigenvalue weighted by atomic mass is 19.1. The van der Waals surface area contributed by atoms with Gasteiger partial charge in [-0.3, -0.25) is 4.79 Å². The minimum absolute atomic E-state index is 0.130. The van der Waals surface area contributed by atoms with Crippen LogP contribution in [0, 0.1) is 5.82 Å². The summed E-state index contributed by atoms with van der Waals surface area (Å²) in [7, 11) is 0. The van der Waals surface area contributed by atoms with Crippen LogP contribution in [0.4, 0.5) is 15.8 Å². The molecule has 0 atom stereocenters. The van der Waals surface area contributed by atoms with Crippen molar-refractivity contribution >= 4 is 17.3 Å². The smallest absolute Gasteiger partial charge is 0.226 e. The summed E-state index contributed by atoms with van der Waals surface area (Å²) in [6.07, 6.45) is 2.23. The minimum atomic E-state index is -0.356. The van der Waals surface area contributed by atoms with E-state index in [0.29, 0.717) is 18.7 Å². The standard InChI is InChI=1S/C19H23FN2O/c1-3-14-7-5-8-15(4-2)19(14)21-12-11-18(23)22-17-10-6-9-16(20)13-17/h5-10,13,21H,3-4,11-12H2,1-2H3,(H,22,23). The predicted octanol–water partition coefficient (Wildman–Crippen LogP) is 4.39. The second-order valence-corrected chi connectivity index (χ2v) is 5.39. The maximum atomic E-state index is 13.1. The maximum Gasteiger partial charge on any atom is 0.226 e. The molecular formula is C19H23FN2O. The first-order valence-corrected chi connectivity index (χ1v) is 8.04. The first kappa shape index (κ1) is 17.0. The second kappa shape index (κ2) is 8.32. The molecule has 0 unspecified atom stereocenters. The Morgan fingerprint density at radius 1 is 1.04 bits per heavy atom. The summed E-state index contributed by atoms with van der Waals surface area (Å²) in [6, 6.07) is 12.2. The molecule has 23 heavy (non-hydrogen) atoms. The molecule has 2 rings (SSSR count). The van der Waals surface area contributed by atoms with Gasteiger partial charge in [-0.1, -0.05) is 38.1 Å². The topological polar surface area (TPSA) is 41.1 Å². The lowest BCUT2D eigenvalue weighted by atomic mass is 10.0. The van der Waals surface area contributed by atoms with Crippen LogP contribution in [0.1, 0.15) is 31.4 Å². The molecule has 0 aliphatic heterocycles. The summed E-state index contributed by atoms with van der Waals surface area (Å²) < 4.78 is 13.1. The molecule has 0 spiro atoms. The molecule has 3 nitrogen and oxygen atoms in total. The second-order valence-electron chi connectivity index (χ2n) is 5.39. The average molecular weight is 314 g/mol. The van der Waals surface area contributed by atoms with Crippen molar-refractivity contribution in [2.75, 3.05) is 17.2 Å². The van der Waals surface area contributed by atoms with Crippen LogP contribution in [0.15, 0.2) is 42.5 Å². The first-order chi connectivity index (χ1) is 11.1. The van der Waals surface area contributed by atoms with Crippen LogP contribution in [-0.4, -0.2) is 12.5 Å². The van der Waals surface area contributed by atoms with Crippen LogP contribution >= 0.6 is 0 Å². The molecule has 2 aromatic carbocycles. The van der Waals surface area contributed by atoms with Crippen molar-refractivity contribution < 1.29 is 9.18 Å². The van der Waals surface area contributed by atoms with Crippen molar-refractivity contribution in [1.29, 1.82) is 0 Å². The highest BCUT2D eigenvalue weighted by Crippen LogP contribution is 2.22. The monoisotopic (exact) mass is 314 g/mol. The van der Waals surface area contributed by atoms with E-state index in [-0.39, 0.29) is 11.7 Å². The molecule has 0 radical (unpaired) electrons. The average Bonchev–Trinajstić information content (AvgIpc) is 2.54. The van der Waals surface area contributed by atoms with E-state index in [1.165, 1.54) is 23.3 Å². The van der Waals surface area contributed by atoms with Crippen LogP contribution in [0.5, 0.6) is 0 Å². The van der Waals surface area contributed by atoms with Gasteiger partial charge in [0.1, 0.15) is 5.82 Å². The number of anilines is 2. The molecule has 122 valence electrons. The highest BCUT2D eigenvalue weighted by Gasteiger charge is 2.07. The van der Waals surface area contributed by atoms with E-state index in [1.807, 2.05) is 0 Å². The van der Waals surface area contributed by atoms with Gasteiger partial charge in [-0.25, -0.2) is 4.39 Å². The third kappa shape index (κ3) is 4.81. The number of benzene rings is 2. The summed E-state index contributed by atoms with van der Waals surface area (Å²) in [5.41, 5.74) is 4.14. The Balaban J connectivity index is 1.91. The largest absolute Gasteiger partial charge is 0.384 e. The van der Waals surface area contributed by atoms with Crippen LogP contribution < -0.4 is 10.6 Å². The van der Waals surface area contributed by atoms with Gasteiger partial charge >= 0.3 is 0 Å². The van der Waals surface area contributed by atoms with Gasteiger partial charge in [0, 0.05) is 24.3 Å². The number of amides is 1. The molecule has 0 saturated carbocycles. The van der Waals surface area contributed by atoms with Crippen LogP contribution in [0.25, 0.3) is 0 Å². The molecule has 0 saturated heterocycles. The summed E-state index contributed by atoms with van der Waals surface area (Å²) in [6.45, 7) is 4.79. The van der Waals surface area contributed by atoms with Gasteiger partial charge in [-0.2, -0.15) is 0 Å². The van der Waals surface area contributed by atoms with Crippen molar-refractivity contribution in [2.45, 2.75) is 33.1 Å². The third-order valence-electron chi connectivity index (χ3n) is 3.76. The van der Waals surface area contributed by atoms with E-state index in [9.17, 15) is 9.18 Å². The molecular weight excluding hydrogens is 291 g/mol. The number of nitrogens with one attached hydrogen (secondary N) is 2. The van der Waals surface area contributed by atoms with Gasteiger partial charge in [0.25, 0.3) is 0 Å². The summed E-state index contributed by atoms with van der Waals surface area (Å²) in [4.78, 5) is 11.9. The Labute approximate surface area is 136 Å². The van der Waals surface area contributed by atoms with Crippen molar-refractivity contribution in [1.82, 2.24) is 0 Å². The molecule has 2 N–H and O–H groups in total. The maximum absolute atomic E-state index is 13.1. The molecule has 0 aliphatic carbocycles. The van der Waals surface area contributed by atoms with Crippen molar-refractivity contribution in [3.8, 4) is 0 Å². The van der Waals surface area contributed by atoms with Crippen LogP contribution in [0.2, 0.25) is 0 Å². The van der Waals surface area contributed by atoms with Crippen LogP contribution in [-0.2, 0) is 17.6 Å². The zero-order valence-corrected chi connectivity index (χ0v) is 13.7. The number of aryl methyl sites for hydroxylation is 2. The highest BCUT2D eigenvalue weighted by molar-refractivity contribution is 5.91. The first-order valence-electron chi connectivity index (χ1n) is 8.04. The number of hydrogen-bond donors (Lipinski definition) is 2. The fraction of sp³-hybridized carbons (Fsp3) is 0.316. The van der Waals surface area contributed by atoms with E-state index < -0.39 is 0 Å². The number of carbonyl (C=O) groups is 1. The summed E-state index contributed by atoms with van der Waals surface area (Å²) in [5.74, 6) is -0.486. The van der Waals surface area contributed by atoms with E-state index in [2.05, 4.69) is 42.7 Å². The van der Waals surface area contributed by atoms with Gasteiger partial charge in [-0.05, 0) is 42.2 Å². The van der Waals surface area contributed by atoms with Gasteiger partial charge < -0.3 is 10.6 Å². The summed E-state index contributed by atoms with van der Waals surface area (Å²) >= 11 is 0. The van der Waals surface area contributed by atoms with E-state index in [4.69, 9.17) is 0 Å². The molecule has 0 aromatic heterocycles. The van der Waals surface area contributed by atoms with E-state index >= 15 is 0 Å². The number of carbonyl (C=O) groups excluding carboxylic acids is 1. The molecule has 0 fully saturated rings. The van der Waals surface area contributed by atoms with Crippen LogP contribution in [0.3, 0.4) is 0 Å². The lowest BCUT2D eigenvalue weighted by Crippen LogP contribution is -2.17. The normalized spacial score (nSPS) is 10.4. The van der Waals surface area contributed by atoms with Crippen molar-refractivity contribution in [3.05, 3.63) is 59.4 Å². The van der Waals surface area contributed by atoms with Gasteiger partial charge in [0.15, 0.2) is 0 Å². The summed E-state index contributed by atoms with van der Waals surface area (Å²) in [5, 5.41) is 6.08. The molecule has 0 bridgehead atoms. The fourth-order valence-electron chi connectivity index (χ4n) is 2.56. The zero-order valence-electron chi connectivity index (χ0n) is 13.7. The van der Waals surface area contributed by atoms with Crippen molar-refractivity contribution in [2.24, 2.45) is 0 Å². The lowest BCUT2D eigenvalue weighted by molar-refractivity contribution is -0.115. The Bertz CT molecular complexity index is 648. The predicted molar refractivity (Wildman–Crippen MR) is 93.3 cm³/mol. The zero-order chi connectivity index (χ0) is 16.7. The lowest BCUT2D eigenvalue weighted by Gasteiger charge is -2.15. The molecule has 0 aliphatic rings.